The van der Waals surface area contributed by atoms with Gasteiger partial charge in [-0.3, -0.25) is 9.69 Å². The van der Waals surface area contributed by atoms with Crippen molar-refractivity contribution in [2.24, 2.45) is 11.1 Å². The van der Waals surface area contributed by atoms with E-state index in [0.717, 1.165) is 30.4 Å². The van der Waals surface area contributed by atoms with Crippen molar-refractivity contribution < 1.29 is 18.0 Å². The lowest BCUT2D eigenvalue weighted by Crippen LogP contribution is -2.42. The first-order chi connectivity index (χ1) is 11.2. The maximum absolute atomic E-state index is 12.2. The quantitative estimate of drug-likeness (QED) is 0.777. The second-order valence-electron chi connectivity index (χ2n) is 6.76. The van der Waals surface area contributed by atoms with Gasteiger partial charge in [-0.25, -0.2) is 18.4 Å². The van der Waals surface area contributed by atoms with E-state index in [1.165, 1.54) is 4.90 Å². The summed E-state index contributed by atoms with van der Waals surface area (Å²) >= 11 is 0. The van der Waals surface area contributed by atoms with Crippen LogP contribution in [0.3, 0.4) is 0 Å². The molecular weight excluding hydrogens is 330 g/mol. The highest BCUT2D eigenvalue weighted by molar-refractivity contribution is 7.89. The van der Waals surface area contributed by atoms with E-state index in [1.807, 2.05) is 13.8 Å². The van der Waals surface area contributed by atoms with Crippen LogP contribution in [0.2, 0.25) is 0 Å². The standard InChI is InChI=1S/C16H27N3O4S/c1-3-14-11(2)10-19(15(14)20)16(21)18-9-8-12-4-6-13(7-5-12)24(17,22)23/h12-13H,3-10H2,1-2H3,(H,18,21)(H2,17,22,23). The first-order valence-corrected chi connectivity index (χ1v) is 10.1. The summed E-state index contributed by atoms with van der Waals surface area (Å²) in [6, 6.07) is -0.346. The molecular formula is C16H27N3O4S. The van der Waals surface area contributed by atoms with Gasteiger partial charge in [0.2, 0.25) is 10.0 Å². The summed E-state index contributed by atoms with van der Waals surface area (Å²) in [5, 5.41) is 7.57. The van der Waals surface area contributed by atoms with Gasteiger partial charge in [0.15, 0.2) is 0 Å². The number of rotatable bonds is 5. The summed E-state index contributed by atoms with van der Waals surface area (Å²) in [7, 11) is -3.43. The molecule has 0 atom stereocenters. The molecule has 2 rings (SSSR count). The summed E-state index contributed by atoms with van der Waals surface area (Å²) < 4.78 is 22.7. The van der Waals surface area contributed by atoms with Gasteiger partial charge >= 0.3 is 6.03 Å². The predicted molar refractivity (Wildman–Crippen MR) is 91.6 cm³/mol. The van der Waals surface area contributed by atoms with Gasteiger partial charge < -0.3 is 5.32 Å². The Bertz CT molecular complexity index is 634. The molecule has 8 heteroatoms. The van der Waals surface area contributed by atoms with E-state index in [9.17, 15) is 18.0 Å². The second kappa shape index (κ2) is 7.65. The lowest BCUT2D eigenvalue weighted by Gasteiger charge is -2.27. The lowest BCUT2D eigenvalue weighted by molar-refractivity contribution is -0.123. The van der Waals surface area contributed by atoms with Gasteiger partial charge in [-0.05, 0) is 56.9 Å². The Hall–Kier alpha value is -1.41. The number of urea groups is 1. The van der Waals surface area contributed by atoms with Crippen LogP contribution in [0.1, 0.15) is 52.4 Å². The van der Waals surface area contributed by atoms with Gasteiger partial charge in [-0.15, -0.1) is 0 Å². The van der Waals surface area contributed by atoms with Gasteiger partial charge in [-0.2, -0.15) is 0 Å². The molecule has 1 aliphatic carbocycles. The number of amides is 3. The highest BCUT2D eigenvalue weighted by Gasteiger charge is 2.32. The largest absolute Gasteiger partial charge is 0.338 e. The molecule has 0 unspecified atom stereocenters. The van der Waals surface area contributed by atoms with Crippen molar-refractivity contribution in [3.8, 4) is 0 Å². The van der Waals surface area contributed by atoms with Crippen molar-refractivity contribution in [2.45, 2.75) is 57.6 Å². The molecule has 0 radical (unpaired) electrons. The molecule has 3 amide bonds. The van der Waals surface area contributed by atoms with Crippen molar-refractivity contribution in [1.82, 2.24) is 10.2 Å². The van der Waals surface area contributed by atoms with Crippen LogP contribution in [-0.4, -0.2) is 43.6 Å². The lowest BCUT2D eigenvalue weighted by atomic mass is 9.87. The predicted octanol–water partition coefficient (Wildman–Crippen LogP) is 1.50. The molecule has 0 saturated heterocycles. The fourth-order valence-corrected chi connectivity index (χ4v) is 4.52. The van der Waals surface area contributed by atoms with Crippen LogP contribution in [0.25, 0.3) is 0 Å². The number of imide groups is 1. The summed E-state index contributed by atoms with van der Waals surface area (Å²) in [5.41, 5.74) is 1.69. The molecule has 7 nitrogen and oxygen atoms in total. The minimum atomic E-state index is -3.43. The SMILES string of the molecule is CCC1=C(C)CN(C(=O)NCCC2CCC(S(N)(=O)=O)CC2)C1=O. The summed E-state index contributed by atoms with van der Waals surface area (Å²) in [5.74, 6) is 0.199. The topological polar surface area (TPSA) is 110 Å². The fourth-order valence-electron chi connectivity index (χ4n) is 3.59. The van der Waals surface area contributed by atoms with Crippen molar-refractivity contribution >= 4 is 22.0 Å². The van der Waals surface area contributed by atoms with Crippen molar-refractivity contribution in [2.75, 3.05) is 13.1 Å². The molecule has 1 fully saturated rings. The van der Waals surface area contributed by atoms with E-state index in [0.29, 0.717) is 38.3 Å². The van der Waals surface area contributed by atoms with Crippen molar-refractivity contribution in [3.63, 3.8) is 0 Å². The third-order valence-corrected chi connectivity index (χ3v) is 6.50. The monoisotopic (exact) mass is 357 g/mol. The van der Waals surface area contributed by atoms with Crippen LogP contribution in [-0.2, 0) is 14.8 Å². The zero-order chi connectivity index (χ0) is 17.9. The number of hydrogen-bond acceptors (Lipinski definition) is 4. The Labute approximate surface area is 143 Å². The number of nitrogens with two attached hydrogens (primary N) is 1. The fraction of sp³-hybridized carbons (Fsp3) is 0.750. The number of carbonyl (C=O) groups is 2. The molecule has 0 aromatic carbocycles. The maximum Gasteiger partial charge on any atom is 0.324 e. The Kier molecular flexibility index (Phi) is 6.03. The molecule has 0 aromatic rings. The second-order valence-corrected chi connectivity index (χ2v) is 8.60. The number of sulfonamides is 1. The summed E-state index contributed by atoms with van der Waals surface area (Å²) in [6.07, 6.45) is 4.22. The van der Waals surface area contributed by atoms with Crippen molar-refractivity contribution in [1.29, 1.82) is 0 Å². The summed E-state index contributed by atoms with van der Waals surface area (Å²) in [6.45, 7) is 4.66. The number of carbonyl (C=O) groups excluding carboxylic acids is 2. The number of hydrogen-bond donors (Lipinski definition) is 2. The van der Waals surface area contributed by atoms with Crippen LogP contribution in [0.15, 0.2) is 11.1 Å². The average molecular weight is 357 g/mol. The number of primary sulfonamides is 1. The molecule has 136 valence electrons. The van der Waals surface area contributed by atoms with E-state index < -0.39 is 15.3 Å². The van der Waals surface area contributed by atoms with Crippen molar-refractivity contribution in [3.05, 3.63) is 11.1 Å². The first kappa shape index (κ1) is 18.9. The maximum atomic E-state index is 12.2. The van der Waals surface area contributed by atoms with E-state index in [-0.39, 0.29) is 11.9 Å². The van der Waals surface area contributed by atoms with E-state index in [1.54, 1.807) is 0 Å². The van der Waals surface area contributed by atoms with Crippen LogP contribution in [0.5, 0.6) is 0 Å². The molecule has 0 bridgehead atoms. The van der Waals surface area contributed by atoms with Gasteiger partial charge in [0.1, 0.15) is 0 Å². The zero-order valence-electron chi connectivity index (χ0n) is 14.4. The van der Waals surface area contributed by atoms with Gasteiger partial charge in [-0.1, -0.05) is 6.92 Å². The molecule has 0 spiro atoms. The van der Waals surface area contributed by atoms with E-state index in [2.05, 4.69) is 5.32 Å². The van der Waals surface area contributed by atoms with Gasteiger partial charge in [0.25, 0.3) is 5.91 Å². The van der Waals surface area contributed by atoms with E-state index >= 15 is 0 Å². The molecule has 3 N–H and O–H groups in total. The average Bonchev–Trinajstić information content (AvgIpc) is 2.81. The number of nitrogens with zero attached hydrogens (tertiary/aromatic N) is 1. The third kappa shape index (κ3) is 4.36. The third-order valence-electron chi connectivity index (χ3n) is 5.10. The molecule has 1 heterocycles. The van der Waals surface area contributed by atoms with Gasteiger partial charge in [0, 0.05) is 12.1 Å². The molecule has 2 aliphatic rings. The minimum absolute atomic E-state index is 0.193. The Morgan fingerprint density at radius 2 is 1.92 bits per heavy atom. The normalized spacial score (nSPS) is 25.3. The van der Waals surface area contributed by atoms with Crippen LogP contribution < -0.4 is 10.5 Å². The minimum Gasteiger partial charge on any atom is -0.338 e. The molecule has 0 aromatic heterocycles. The summed E-state index contributed by atoms with van der Waals surface area (Å²) in [4.78, 5) is 25.5. The Balaban J connectivity index is 1.72. The van der Waals surface area contributed by atoms with Crippen LogP contribution in [0, 0.1) is 5.92 Å². The van der Waals surface area contributed by atoms with Gasteiger partial charge in [0.05, 0.1) is 11.8 Å². The van der Waals surface area contributed by atoms with Crippen LogP contribution >= 0.6 is 0 Å². The van der Waals surface area contributed by atoms with Crippen LogP contribution in [0.4, 0.5) is 4.79 Å². The first-order valence-electron chi connectivity index (χ1n) is 8.54. The molecule has 1 aliphatic heterocycles. The van der Waals surface area contributed by atoms with E-state index in [4.69, 9.17) is 5.14 Å². The highest BCUT2D eigenvalue weighted by Crippen LogP contribution is 2.29. The Morgan fingerprint density at radius 3 is 2.42 bits per heavy atom. The smallest absolute Gasteiger partial charge is 0.324 e. The molecule has 1 saturated carbocycles. The molecule has 24 heavy (non-hydrogen) atoms. The number of nitrogens with one attached hydrogen (secondary N) is 1. The Morgan fingerprint density at radius 1 is 1.29 bits per heavy atom. The zero-order valence-corrected chi connectivity index (χ0v) is 15.2. The highest BCUT2D eigenvalue weighted by atomic mass is 32.2.